The molecular weight excluding hydrogens is 560 g/mol. The van der Waals surface area contributed by atoms with Crippen LogP contribution in [0.3, 0.4) is 0 Å². The first-order valence-corrected chi connectivity index (χ1v) is 14.3. The van der Waals surface area contributed by atoms with Crippen molar-refractivity contribution >= 4 is 46.5 Å². The minimum absolute atomic E-state index is 0. The molecule has 0 radical (unpaired) electrons. The Balaban J connectivity index is 0.00000370. The van der Waals surface area contributed by atoms with Crippen molar-refractivity contribution in [2.45, 2.75) is 32.0 Å². The highest BCUT2D eigenvalue weighted by Gasteiger charge is 2.28. The maximum Gasteiger partial charge on any atom is 0.253 e. The van der Waals surface area contributed by atoms with E-state index in [0.29, 0.717) is 39.0 Å². The van der Waals surface area contributed by atoms with Crippen LogP contribution in [0.15, 0.2) is 54.7 Å². The van der Waals surface area contributed by atoms with Crippen molar-refractivity contribution in [2.24, 2.45) is 0 Å². The lowest BCUT2D eigenvalue weighted by molar-refractivity contribution is 0.0950. The number of rotatable bonds is 7. The number of hydrogen-bond acceptors (Lipinski definition) is 5. The molecule has 1 aromatic heterocycles. The summed E-state index contributed by atoms with van der Waals surface area (Å²) >= 11 is 18.6. The van der Waals surface area contributed by atoms with E-state index in [9.17, 15) is 9.18 Å². The Hall–Kier alpha value is -2.42. The van der Waals surface area contributed by atoms with Gasteiger partial charge in [0.1, 0.15) is 11.6 Å². The zero-order valence-corrected chi connectivity index (χ0v) is 23.8. The van der Waals surface area contributed by atoms with Crippen LogP contribution < -0.4 is 10.2 Å². The topological polar surface area (TPSA) is 51.7 Å². The molecule has 3 aromatic rings. The molecule has 2 aromatic carbocycles. The Morgan fingerprint density at radius 2 is 1.59 bits per heavy atom. The Bertz CT molecular complexity index is 1300. The predicted octanol–water partition coefficient (Wildman–Crippen LogP) is 6.14. The summed E-state index contributed by atoms with van der Waals surface area (Å²) < 4.78 is 13.2. The molecule has 2 aliphatic heterocycles. The van der Waals surface area contributed by atoms with Crippen molar-refractivity contribution < 1.29 is 10.6 Å². The fraction of sp³-hybridized carbons (Fsp3) is 0.379. The summed E-state index contributed by atoms with van der Waals surface area (Å²) in [6.07, 6.45) is 3.84. The zero-order valence-electron chi connectivity index (χ0n) is 21.6. The molecule has 208 valence electrons. The van der Waals surface area contributed by atoms with Gasteiger partial charge in [0.2, 0.25) is 0 Å². The van der Waals surface area contributed by atoms with Crippen LogP contribution in [0.4, 0.5) is 10.2 Å². The number of benzene rings is 2. The number of nitrogens with one attached hydrogen (secondary N) is 1. The number of carbonyl (C=O) groups is 1. The van der Waals surface area contributed by atoms with Gasteiger partial charge in [0.05, 0.1) is 20.6 Å². The fourth-order valence-corrected chi connectivity index (χ4v) is 5.92. The number of anilines is 1. The summed E-state index contributed by atoms with van der Waals surface area (Å²) in [5.74, 6) is 0.273. The lowest BCUT2D eigenvalue weighted by Gasteiger charge is -2.43. The molecule has 0 atom stereocenters. The van der Waals surface area contributed by atoms with E-state index in [4.69, 9.17) is 34.8 Å². The van der Waals surface area contributed by atoms with Crippen LogP contribution in [0.1, 0.15) is 35.8 Å². The average molecular weight is 593 g/mol. The predicted molar refractivity (Wildman–Crippen MR) is 157 cm³/mol. The van der Waals surface area contributed by atoms with E-state index in [2.05, 4.69) is 25.0 Å². The molecule has 0 spiro atoms. The van der Waals surface area contributed by atoms with Gasteiger partial charge in [0, 0.05) is 52.9 Å². The van der Waals surface area contributed by atoms with Crippen LogP contribution in [0.2, 0.25) is 15.1 Å². The Morgan fingerprint density at radius 3 is 2.26 bits per heavy atom. The van der Waals surface area contributed by atoms with Gasteiger partial charge in [-0.25, -0.2) is 9.37 Å². The summed E-state index contributed by atoms with van der Waals surface area (Å²) in [5, 5.41) is 4.27. The zero-order chi connectivity index (χ0) is 27.4. The van der Waals surface area contributed by atoms with E-state index in [1.54, 1.807) is 24.4 Å². The van der Waals surface area contributed by atoms with Crippen LogP contribution in [-0.4, -0.2) is 66.0 Å². The number of piperidine rings is 1. The maximum absolute atomic E-state index is 13.2. The second-order valence-corrected chi connectivity index (χ2v) is 11.3. The smallest absolute Gasteiger partial charge is 0.253 e. The highest BCUT2D eigenvalue weighted by atomic mass is 35.5. The number of piperazine rings is 1. The Morgan fingerprint density at radius 1 is 0.897 bits per heavy atom. The average Bonchev–Trinajstić information content (AvgIpc) is 2.95. The largest absolute Gasteiger partial charge is 0.353 e. The summed E-state index contributed by atoms with van der Waals surface area (Å²) in [5.41, 5.74) is 2.42. The van der Waals surface area contributed by atoms with Gasteiger partial charge in [-0.05, 0) is 67.4 Å². The van der Waals surface area contributed by atoms with Crippen LogP contribution in [0.5, 0.6) is 0 Å². The first-order valence-electron chi connectivity index (χ1n) is 13.2. The monoisotopic (exact) mass is 591 g/mol. The van der Waals surface area contributed by atoms with Crippen molar-refractivity contribution in [2.75, 3.05) is 44.2 Å². The van der Waals surface area contributed by atoms with E-state index in [1.165, 1.54) is 12.1 Å². The third-order valence-electron chi connectivity index (χ3n) is 7.53. The molecule has 10 heteroatoms. The van der Waals surface area contributed by atoms with Gasteiger partial charge in [-0.3, -0.25) is 14.6 Å². The second-order valence-electron chi connectivity index (χ2n) is 10.1. The summed E-state index contributed by atoms with van der Waals surface area (Å²) in [4.78, 5) is 24.4. The van der Waals surface area contributed by atoms with E-state index in [-0.39, 0.29) is 13.2 Å². The molecule has 2 saturated heterocycles. The molecule has 1 amide bonds. The van der Waals surface area contributed by atoms with Gasteiger partial charge in [-0.2, -0.15) is 0 Å². The van der Waals surface area contributed by atoms with Gasteiger partial charge in [-0.1, -0.05) is 53.0 Å². The van der Waals surface area contributed by atoms with Gasteiger partial charge in [0.25, 0.3) is 5.91 Å². The molecule has 3 heterocycles. The third-order valence-corrected chi connectivity index (χ3v) is 8.54. The molecule has 0 unspecified atom stereocenters. The third kappa shape index (κ3) is 7.21. The van der Waals surface area contributed by atoms with Crippen LogP contribution in [-0.2, 0) is 13.1 Å². The Labute approximate surface area is 245 Å². The van der Waals surface area contributed by atoms with Crippen molar-refractivity contribution in [3.63, 3.8) is 0 Å². The first kappa shape index (κ1) is 28.1. The lowest BCUT2D eigenvalue weighted by Crippen LogP contribution is -2.53. The van der Waals surface area contributed by atoms with E-state index in [0.717, 1.165) is 69.8 Å². The van der Waals surface area contributed by atoms with Crippen LogP contribution >= 0.6 is 34.8 Å². The van der Waals surface area contributed by atoms with Crippen molar-refractivity contribution in [3.05, 3.63) is 92.3 Å². The van der Waals surface area contributed by atoms with Crippen molar-refractivity contribution in [3.8, 4) is 0 Å². The number of amides is 1. The summed E-state index contributed by atoms with van der Waals surface area (Å²) in [6, 6.07) is 14.3. The van der Waals surface area contributed by atoms with E-state index in [1.807, 2.05) is 18.2 Å². The van der Waals surface area contributed by atoms with Gasteiger partial charge in [-0.15, -0.1) is 0 Å². The molecule has 1 N–H and O–H groups in total. The number of hydrogen-bond donors (Lipinski definition) is 1. The quantitative estimate of drug-likeness (QED) is 0.357. The highest BCUT2D eigenvalue weighted by molar-refractivity contribution is 6.42. The minimum Gasteiger partial charge on any atom is -0.353 e. The number of carbonyl (C=O) groups excluding carboxylic acids is 1. The molecule has 0 bridgehead atoms. The van der Waals surface area contributed by atoms with Gasteiger partial charge in [0.15, 0.2) is 0 Å². The van der Waals surface area contributed by atoms with Crippen LogP contribution in [0, 0.1) is 5.82 Å². The summed E-state index contributed by atoms with van der Waals surface area (Å²) in [7, 11) is 0. The molecule has 2 aliphatic rings. The molecule has 39 heavy (non-hydrogen) atoms. The van der Waals surface area contributed by atoms with Crippen molar-refractivity contribution in [1.29, 1.82) is 0 Å². The molecule has 5 rings (SSSR count). The molecular formula is C29H33Cl3FN5O. The highest BCUT2D eigenvalue weighted by Crippen LogP contribution is 2.27. The first-order chi connectivity index (χ1) is 18.9. The standard InChI is InChI=1S/C29H31Cl3FN5O.H2/c30-25-6-3-21(15-26(25)31)17-35-29(39)22-16-27(32)28(34-18-22)38-13-11-37(12-14-38)24-7-9-36(10-8-24)19-20-1-4-23(33)5-2-20;/h1-6,15-16,18,24H,7-14,17,19H2,(H,35,39);1H. The van der Waals surface area contributed by atoms with E-state index >= 15 is 0 Å². The normalized spacial score (nSPS) is 17.4. The molecule has 0 aliphatic carbocycles. The Kier molecular flexibility index (Phi) is 9.25. The van der Waals surface area contributed by atoms with E-state index < -0.39 is 0 Å². The maximum atomic E-state index is 13.2. The number of aromatic nitrogens is 1. The number of halogens is 4. The number of pyridine rings is 1. The van der Waals surface area contributed by atoms with Gasteiger partial charge < -0.3 is 10.2 Å². The number of nitrogens with zero attached hydrogens (tertiary/aromatic N) is 4. The number of likely N-dealkylation sites (tertiary alicyclic amines) is 1. The van der Waals surface area contributed by atoms with Crippen molar-refractivity contribution in [1.82, 2.24) is 20.1 Å². The minimum atomic E-state index is -0.252. The summed E-state index contributed by atoms with van der Waals surface area (Å²) in [6.45, 7) is 6.86. The fourth-order valence-electron chi connectivity index (χ4n) is 5.31. The SMILES string of the molecule is O=C(NCc1ccc(Cl)c(Cl)c1)c1cnc(N2CCN(C3CCN(Cc4ccc(F)cc4)CC3)CC2)c(Cl)c1.[HH]. The van der Waals surface area contributed by atoms with Gasteiger partial charge >= 0.3 is 0 Å². The second kappa shape index (κ2) is 12.8. The lowest BCUT2D eigenvalue weighted by atomic mass is 10.0. The van der Waals surface area contributed by atoms with Crippen LogP contribution in [0.25, 0.3) is 0 Å². The molecule has 0 saturated carbocycles. The molecule has 2 fully saturated rings. The molecule has 6 nitrogen and oxygen atoms in total.